The predicted molar refractivity (Wildman–Crippen MR) is 59.6 cm³/mol. The van der Waals surface area contributed by atoms with Crippen LogP contribution in [-0.4, -0.2) is 40.5 Å². The molecule has 0 spiro atoms. The van der Waals surface area contributed by atoms with Gasteiger partial charge in [0.1, 0.15) is 0 Å². The van der Waals surface area contributed by atoms with Gasteiger partial charge in [0.05, 0.1) is 15.9 Å². The van der Waals surface area contributed by atoms with Crippen LogP contribution < -0.4 is 0 Å². The summed E-state index contributed by atoms with van der Waals surface area (Å²) in [6.07, 6.45) is -0.621. The summed E-state index contributed by atoms with van der Waals surface area (Å²) in [6, 6.07) is 2.72. The summed E-state index contributed by atoms with van der Waals surface area (Å²) in [4.78, 5) is 23.3. The van der Waals surface area contributed by atoms with Crippen molar-refractivity contribution in [3.05, 3.63) is 27.1 Å². The van der Waals surface area contributed by atoms with Crippen molar-refractivity contribution >= 4 is 22.2 Å². The zero-order chi connectivity index (χ0) is 12.3. The number of hydrogen-bond donors (Lipinski definition) is 1. The van der Waals surface area contributed by atoms with Gasteiger partial charge in [0.2, 0.25) is 0 Å². The lowest BCUT2D eigenvalue weighted by Crippen LogP contribution is -2.32. The van der Waals surface area contributed by atoms with Crippen molar-refractivity contribution < 1.29 is 14.8 Å². The van der Waals surface area contributed by atoms with Crippen LogP contribution in [0, 0.1) is 10.1 Å². The first-order chi connectivity index (χ1) is 7.41. The molecule has 1 N–H and O–H groups in total. The molecular weight excluding hydrogens is 232 g/mol. The average molecular weight is 244 g/mol. The van der Waals surface area contributed by atoms with Crippen LogP contribution in [0.25, 0.3) is 0 Å². The summed E-state index contributed by atoms with van der Waals surface area (Å²) in [5.74, 6) is -0.320. The summed E-state index contributed by atoms with van der Waals surface area (Å²) >= 11 is 0.833. The van der Waals surface area contributed by atoms with Crippen molar-refractivity contribution in [3.63, 3.8) is 0 Å². The van der Waals surface area contributed by atoms with E-state index in [1.54, 1.807) is 14.0 Å². The molecule has 1 heterocycles. The van der Waals surface area contributed by atoms with Gasteiger partial charge in [0.25, 0.3) is 5.91 Å². The minimum absolute atomic E-state index is 0.0613. The van der Waals surface area contributed by atoms with E-state index in [4.69, 9.17) is 5.11 Å². The van der Waals surface area contributed by atoms with Gasteiger partial charge >= 0.3 is 5.00 Å². The highest BCUT2D eigenvalue weighted by atomic mass is 32.1. The van der Waals surface area contributed by atoms with E-state index in [0.29, 0.717) is 4.88 Å². The van der Waals surface area contributed by atoms with Crippen molar-refractivity contribution in [3.8, 4) is 0 Å². The largest absolute Gasteiger partial charge is 0.392 e. The Labute approximate surface area is 96.3 Å². The molecule has 1 aromatic rings. The van der Waals surface area contributed by atoms with Gasteiger partial charge in [-0.3, -0.25) is 14.9 Å². The lowest BCUT2D eigenvalue weighted by atomic mass is 10.3. The van der Waals surface area contributed by atoms with Crippen LogP contribution in [0.1, 0.15) is 16.6 Å². The Bertz CT molecular complexity index is 402. The smallest absolute Gasteiger partial charge is 0.324 e. The summed E-state index contributed by atoms with van der Waals surface area (Å²) in [5.41, 5.74) is 0. The Morgan fingerprint density at radius 2 is 2.31 bits per heavy atom. The van der Waals surface area contributed by atoms with Crippen molar-refractivity contribution in [2.75, 3.05) is 13.6 Å². The molecule has 1 aromatic heterocycles. The molecule has 7 heteroatoms. The molecule has 0 aliphatic heterocycles. The maximum Gasteiger partial charge on any atom is 0.324 e. The number of carbonyl (C=O) groups is 1. The number of carbonyl (C=O) groups excluding carboxylic acids is 1. The molecule has 88 valence electrons. The van der Waals surface area contributed by atoms with Crippen LogP contribution in [0.3, 0.4) is 0 Å². The molecule has 1 amide bonds. The molecule has 0 aliphatic rings. The summed E-state index contributed by atoms with van der Waals surface area (Å²) in [5, 5.41) is 19.5. The van der Waals surface area contributed by atoms with E-state index in [1.165, 1.54) is 17.0 Å². The van der Waals surface area contributed by atoms with Crippen LogP contribution in [-0.2, 0) is 0 Å². The van der Waals surface area contributed by atoms with Crippen LogP contribution in [0.2, 0.25) is 0 Å². The van der Waals surface area contributed by atoms with E-state index in [1.807, 2.05) is 0 Å². The topological polar surface area (TPSA) is 83.7 Å². The molecule has 0 aromatic carbocycles. The number of aliphatic hydroxyl groups excluding tert-OH is 1. The molecule has 1 unspecified atom stereocenters. The Morgan fingerprint density at radius 3 is 2.75 bits per heavy atom. The molecular formula is C9H12N2O4S. The van der Waals surface area contributed by atoms with Gasteiger partial charge in [-0.1, -0.05) is 11.3 Å². The van der Waals surface area contributed by atoms with Crippen LogP contribution >= 0.6 is 11.3 Å². The Morgan fingerprint density at radius 1 is 1.69 bits per heavy atom. The lowest BCUT2D eigenvalue weighted by molar-refractivity contribution is -0.380. The molecule has 1 atom stereocenters. The van der Waals surface area contributed by atoms with Gasteiger partial charge in [-0.15, -0.1) is 0 Å². The van der Waals surface area contributed by atoms with E-state index in [2.05, 4.69) is 0 Å². The fourth-order valence-electron chi connectivity index (χ4n) is 1.21. The van der Waals surface area contributed by atoms with Gasteiger partial charge in [0.15, 0.2) is 0 Å². The number of aliphatic hydroxyl groups is 1. The third kappa shape index (κ3) is 3.01. The predicted octanol–water partition coefficient (Wildman–Crippen LogP) is 1.11. The van der Waals surface area contributed by atoms with E-state index in [9.17, 15) is 14.9 Å². The number of likely N-dealkylation sites (N-methyl/N-ethyl adjacent to an activating group) is 1. The summed E-state index contributed by atoms with van der Waals surface area (Å²) in [6.45, 7) is 1.77. The van der Waals surface area contributed by atoms with Crippen molar-refractivity contribution in [1.82, 2.24) is 4.90 Å². The molecule has 1 rings (SSSR count). The van der Waals surface area contributed by atoms with Gasteiger partial charge in [-0.05, 0) is 13.0 Å². The number of thiophene rings is 1. The minimum Gasteiger partial charge on any atom is -0.392 e. The third-order valence-electron chi connectivity index (χ3n) is 1.87. The molecule has 0 saturated heterocycles. The van der Waals surface area contributed by atoms with Gasteiger partial charge in [-0.2, -0.15) is 0 Å². The van der Waals surface area contributed by atoms with Gasteiger partial charge in [0, 0.05) is 19.7 Å². The number of amides is 1. The normalized spacial score (nSPS) is 12.2. The van der Waals surface area contributed by atoms with E-state index < -0.39 is 11.0 Å². The molecule has 6 nitrogen and oxygen atoms in total. The fraction of sp³-hybridized carbons (Fsp3) is 0.444. The number of nitrogens with zero attached hydrogens (tertiary/aromatic N) is 2. The Kier molecular flexibility index (Phi) is 3.97. The highest BCUT2D eigenvalue weighted by Gasteiger charge is 2.18. The maximum atomic E-state index is 11.7. The molecule has 0 fully saturated rings. The first kappa shape index (κ1) is 12.6. The van der Waals surface area contributed by atoms with Crippen LogP contribution in [0.5, 0.6) is 0 Å². The molecule has 16 heavy (non-hydrogen) atoms. The van der Waals surface area contributed by atoms with Gasteiger partial charge < -0.3 is 10.0 Å². The van der Waals surface area contributed by atoms with Gasteiger partial charge in [-0.25, -0.2) is 0 Å². The molecule has 0 radical (unpaired) electrons. The van der Waals surface area contributed by atoms with E-state index >= 15 is 0 Å². The Hall–Kier alpha value is -1.47. The van der Waals surface area contributed by atoms with Crippen LogP contribution in [0.15, 0.2) is 12.1 Å². The zero-order valence-electron chi connectivity index (χ0n) is 8.91. The first-order valence-electron chi connectivity index (χ1n) is 4.59. The maximum absolute atomic E-state index is 11.7. The summed E-state index contributed by atoms with van der Waals surface area (Å²) < 4.78 is 0. The lowest BCUT2D eigenvalue weighted by Gasteiger charge is -2.17. The SMILES string of the molecule is CC(O)CN(C)C(=O)c1ccc([N+](=O)[O-])s1. The standard InChI is InChI=1S/C9H12N2O4S/c1-6(12)5-10(2)9(13)7-3-4-8(16-7)11(14)15/h3-4,6,12H,5H2,1-2H3. The zero-order valence-corrected chi connectivity index (χ0v) is 9.73. The molecule has 0 bridgehead atoms. The highest BCUT2D eigenvalue weighted by molar-refractivity contribution is 7.17. The quantitative estimate of drug-likeness (QED) is 0.635. The number of rotatable bonds is 4. The van der Waals surface area contributed by atoms with E-state index in [0.717, 1.165) is 11.3 Å². The minimum atomic E-state index is -0.621. The fourth-order valence-corrected chi connectivity index (χ4v) is 2.02. The Balaban J connectivity index is 2.76. The second-order valence-corrected chi connectivity index (χ2v) is 4.49. The van der Waals surface area contributed by atoms with Crippen LogP contribution in [0.4, 0.5) is 5.00 Å². The summed E-state index contributed by atoms with van der Waals surface area (Å²) in [7, 11) is 1.54. The average Bonchev–Trinajstić information content (AvgIpc) is 2.64. The van der Waals surface area contributed by atoms with Crippen molar-refractivity contribution in [2.45, 2.75) is 13.0 Å². The number of nitro groups is 1. The first-order valence-corrected chi connectivity index (χ1v) is 5.41. The van der Waals surface area contributed by atoms with Crippen molar-refractivity contribution in [2.24, 2.45) is 0 Å². The monoisotopic (exact) mass is 244 g/mol. The number of hydrogen-bond acceptors (Lipinski definition) is 5. The highest BCUT2D eigenvalue weighted by Crippen LogP contribution is 2.24. The second-order valence-electron chi connectivity index (χ2n) is 3.43. The third-order valence-corrected chi connectivity index (χ3v) is 2.89. The van der Waals surface area contributed by atoms with E-state index in [-0.39, 0.29) is 17.5 Å². The molecule has 0 saturated carbocycles. The van der Waals surface area contributed by atoms with Crippen molar-refractivity contribution in [1.29, 1.82) is 0 Å². The second kappa shape index (κ2) is 5.04. The molecule has 0 aliphatic carbocycles.